The van der Waals surface area contributed by atoms with Crippen LogP contribution in [-0.4, -0.2) is 30.6 Å². The molecule has 2 N–H and O–H groups in total. The quantitative estimate of drug-likeness (QED) is 0.811. The molecule has 1 heterocycles. The molecule has 126 valence electrons. The average molecular weight is 318 g/mol. The highest BCUT2D eigenvalue weighted by atomic mass is 16.5. The van der Waals surface area contributed by atoms with E-state index in [1.54, 1.807) is 24.3 Å². The molecule has 2 amide bonds. The van der Waals surface area contributed by atoms with E-state index in [0.717, 1.165) is 32.3 Å². The normalized spacial score (nSPS) is 18.4. The van der Waals surface area contributed by atoms with Crippen molar-refractivity contribution in [1.29, 1.82) is 0 Å². The first kappa shape index (κ1) is 17.5. The molecule has 23 heavy (non-hydrogen) atoms. The summed E-state index contributed by atoms with van der Waals surface area (Å²) in [5.74, 6) is -0.104. The Labute approximate surface area is 137 Å². The number of carbonyl (C=O) groups excluding carboxylic acids is 2. The molecule has 1 aromatic rings. The maximum atomic E-state index is 12.0. The third-order valence-corrected chi connectivity index (χ3v) is 4.14. The van der Waals surface area contributed by atoms with Gasteiger partial charge in [0, 0.05) is 30.3 Å². The Morgan fingerprint density at radius 3 is 2.65 bits per heavy atom. The molecule has 2 unspecified atom stereocenters. The van der Waals surface area contributed by atoms with Crippen LogP contribution in [0.15, 0.2) is 24.3 Å². The molecule has 0 bridgehead atoms. The highest BCUT2D eigenvalue weighted by Gasteiger charge is 2.16. The van der Waals surface area contributed by atoms with Gasteiger partial charge >= 0.3 is 0 Å². The lowest BCUT2D eigenvalue weighted by molar-refractivity contribution is -0.116. The maximum Gasteiger partial charge on any atom is 0.251 e. The van der Waals surface area contributed by atoms with E-state index >= 15 is 0 Å². The van der Waals surface area contributed by atoms with Crippen LogP contribution in [0.25, 0.3) is 0 Å². The van der Waals surface area contributed by atoms with Crippen molar-refractivity contribution >= 4 is 17.5 Å². The van der Waals surface area contributed by atoms with Crippen LogP contribution >= 0.6 is 0 Å². The first-order valence-corrected chi connectivity index (χ1v) is 8.41. The van der Waals surface area contributed by atoms with E-state index in [-0.39, 0.29) is 24.0 Å². The van der Waals surface area contributed by atoms with Gasteiger partial charge < -0.3 is 15.4 Å². The van der Waals surface area contributed by atoms with Crippen LogP contribution in [0.3, 0.4) is 0 Å². The summed E-state index contributed by atoms with van der Waals surface area (Å²) in [5, 5.41) is 5.78. The van der Waals surface area contributed by atoms with Gasteiger partial charge in [0.05, 0.1) is 6.10 Å². The molecule has 0 spiro atoms. The Morgan fingerprint density at radius 2 is 2.04 bits per heavy atom. The number of rotatable bonds is 7. The molecule has 0 radical (unpaired) electrons. The summed E-state index contributed by atoms with van der Waals surface area (Å²) in [6.45, 7) is 4.81. The van der Waals surface area contributed by atoms with Gasteiger partial charge in [-0.15, -0.1) is 0 Å². The topological polar surface area (TPSA) is 67.4 Å². The highest BCUT2D eigenvalue weighted by Crippen LogP contribution is 2.17. The van der Waals surface area contributed by atoms with Gasteiger partial charge in [-0.05, 0) is 56.9 Å². The fraction of sp³-hybridized carbons (Fsp3) is 0.556. The van der Waals surface area contributed by atoms with Crippen molar-refractivity contribution in [2.75, 3.05) is 11.9 Å². The lowest BCUT2D eigenvalue weighted by Crippen LogP contribution is -2.31. The van der Waals surface area contributed by atoms with Crippen molar-refractivity contribution in [3.05, 3.63) is 29.8 Å². The van der Waals surface area contributed by atoms with Crippen molar-refractivity contribution in [3.8, 4) is 0 Å². The van der Waals surface area contributed by atoms with Crippen molar-refractivity contribution in [3.63, 3.8) is 0 Å². The Morgan fingerprint density at radius 1 is 1.30 bits per heavy atom. The van der Waals surface area contributed by atoms with Crippen molar-refractivity contribution in [1.82, 2.24) is 5.32 Å². The summed E-state index contributed by atoms with van der Waals surface area (Å²) in [7, 11) is 0. The van der Waals surface area contributed by atoms with E-state index in [9.17, 15) is 9.59 Å². The fourth-order valence-corrected chi connectivity index (χ4v) is 2.50. The first-order chi connectivity index (χ1) is 11.1. The summed E-state index contributed by atoms with van der Waals surface area (Å²) >= 11 is 0. The van der Waals surface area contributed by atoms with Crippen LogP contribution in [0.2, 0.25) is 0 Å². The number of nitrogens with one attached hydrogen (secondary N) is 2. The van der Waals surface area contributed by atoms with E-state index in [0.29, 0.717) is 17.7 Å². The molecule has 2 atom stereocenters. The molecule has 5 heteroatoms. The Hall–Kier alpha value is -1.88. The molecule has 1 aliphatic rings. The van der Waals surface area contributed by atoms with Crippen LogP contribution in [0.1, 0.15) is 56.3 Å². The first-order valence-electron chi connectivity index (χ1n) is 8.41. The van der Waals surface area contributed by atoms with Gasteiger partial charge in [0.15, 0.2) is 0 Å². The van der Waals surface area contributed by atoms with E-state index in [1.165, 1.54) is 0 Å². The minimum absolute atomic E-state index is 0.0164. The summed E-state index contributed by atoms with van der Waals surface area (Å²) in [6.07, 6.45) is 4.49. The second-order valence-corrected chi connectivity index (χ2v) is 6.08. The third-order valence-electron chi connectivity index (χ3n) is 4.14. The molecular weight excluding hydrogens is 292 g/mol. The molecule has 0 aliphatic carbocycles. The minimum atomic E-state index is -0.0874. The molecule has 1 saturated heterocycles. The number of carbonyl (C=O) groups is 2. The van der Waals surface area contributed by atoms with Gasteiger partial charge in [0.1, 0.15) is 0 Å². The molecular formula is C18H26N2O3. The Kier molecular flexibility index (Phi) is 6.59. The van der Waals surface area contributed by atoms with Gasteiger partial charge in [-0.2, -0.15) is 0 Å². The van der Waals surface area contributed by atoms with Crippen LogP contribution in [0.5, 0.6) is 0 Å². The third kappa shape index (κ3) is 5.67. The largest absolute Gasteiger partial charge is 0.378 e. The lowest BCUT2D eigenvalue weighted by Gasteiger charge is -2.12. The standard InChI is InChI=1S/C18H26N2O3/c1-3-13(2)19-18(22)14-6-8-15(9-7-14)20-17(21)11-10-16-5-4-12-23-16/h6-9,13,16H,3-5,10-12H2,1-2H3,(H,19,22)(H,20,21). The zero-order chi connectivity index (χ0) is 16.7. The lowest BCUT2D eigenvalue weighted by atomic mass is 10.1. The predicted octanol–water partition coefficient (Wildman–Crippen LogP) is 3.11. The molecule has 2 rings (SSSR count). The van der Waals surface area contributed by atoms with Crippen LogP contribution in [0, 0.1) is 0 Å². The summed E-state index contributed by atoms with van der Waals surface area (Å²) in [5.41, 5.74) is 1.31. The smallest absolute Gasteiger partial charge is 0.251 e. The van der Waals surface area contributed by atoms with Gasteiger partial charge in [0.25, 0.3) is 5.91 Å². The number of hydrogen-bond donors (Lipinski definition) is 2. The summed E-state index contributed by atoms with van der Waals surface area (Å²) in [4.78, 5) is 23.9. The highest BCUT2D eigenvalue weighted by molar-refractivity contribution is 5.95. The zero-order valence-corrected chi connectivity index (χ0v) is 13.9. The van der Waals surface area contributed by atoms with Gasteiger partial charge in [-0.3, -0.25) is 9.59 Å². The van der Waals surface area contributed by atoms with Crippen LogP contribution in [0.4, 0.5) is 5.69 Å². The van der Waals surface area contributed by atoms with Crippen LogP contribution in [-0.2, 0) is 9.53 Å². The van der Waals surface area contributed by atoms with E-state index in [1.807, 2.05) is 13.8 Å². The number of hydrogen-bond acceptors (Lipinski definition) is 3. The van der Waals surface area contributed by atoms with Crippen molar-refractivity contribution in [2.45, 2.75) is 58.1 Å². The zero-order valence-electron chi connectivity index (χ0n) is 13.9. The number of amides is 2. The molecule has 1 fully saturated rings. The number of ether oxygens (including phenoxy) is 1. The molecule has 0 saturated carbocycles. The van der Waals surface area contributed by atoms with Gasteiger partial charge in [-0.25, -0.2) is 0 Å². The minimum Gasteiger partial charge on any atom is -0.378 e. The van der Waals surface area contributed by atoms with Crippen molar-refractivity contribution < 1.29 is 14.3 Å². The number of benzene rings is 1. The second-order valence-electron chi connectivity index (χ2n) is 6.08. The van der Waals surface area contributed by atoms with Crippen LogP contribution < -0.4 is 10.6 Å². The fourth-order valence-electron chi connectivity index (χ4n) is 2.50. The second kappa shape index (κ2) is 8.67. The van der Waals surface area contributed by atoms with Crippen molar-refractivity contribution in [2.24, 2.45) is 0 Å². The van der Waals surface area contributed by atoms with E-state index < -0.39 is 0 Å². The summed E-state index contributed by atoms with van der Waals surface area (Å²) < 4.78 is 5.51. The van der Waals surface area contributed by atoms with Gasteiger partial charge in [-0.1, -0.05) is 6.92 Å². The molecule has 1 aromatic carbocycles. The Bertz CT molecular complexity index is 522. The van der Waals surface area contributed by atoms with E-state index in [4.69, 9.17) is 4.74 Å². The number of anilines is 1. The van der Waals surface area contributed by atoms with E-state index in [2.05, 4.69) is 10.6 Å². The maximum absolute atomic E-state index is 12.0. The average Bonchev–Trinajstić information content (AvgIpc) is 3.07. The molecule has 1 aliphatic heterocycles. The SMILES string of the molecule is CCC(C)NC(=O)c1ccc(NC(=O)CCC2CCCO2)cc1. The predicted molar refractivity (Wildman–Crippen MR) is 90.5 cm³/mol. The molecule has 0 aromatic heterocycles. The Balaban J connectivity index is 1.79. The monoisotopic (exact) mass is 318 g/mol. The summed E-state index contributed by atoms with van der Waals surface area (Å²) in [6, 6.07) is 7.13. The molecule has 5 nitrogen and oxygen atoms in total. The van der Waals surface area contributed by atoms with Gasteiger partial charge in [0.2, 0.25) is 5.91 Å².